The molecule has 0 amide bonds. The van der Waals surface area contributed by atoms with Gasteiger partial charge in [0.05, 0.1) is 6.61 Å². The van der Waals surface area contributed by atoms with E-state index in [1.54, 1.807) is 0 Å². The molecule has 4 N–H and O–H groups in total. The standard InChI is InChI=1S/C5H10O5/c6-1-3(8)5(10)4(9)2-7/h1,3-5,7-10H,2H2/t3?,4-,5?/m1/s1. The largest absolute Gasteiger partial charge is 0.394 e. The molecular formula is C5H10O5. The number of carbonyl (C=O) groups is 1. The third kappa shape index (κ3) is 2.40. The number of aliphatic hydroxyl groups is 4. The Bertz CT molecular complexity index is 104. The molecule has 0 bridgehead atoms. The van der Waals surface area contributed by atoms with Crippen LogP contribution in [-0.4, -0.2) is 51.6 Å². The summed E-state index contributed by atoms with van der Waals surface area (Å²) in [6, 6.07) is 0. The molecule has 0 aliphatic rings. The van der Waals surface area contributed by atoms with Crippen LogP contribution in [0.1, 0.15) is 0 Å². The van der Waals surface area contributed by atoms with E-state index in [0.717, 1.165) is 0 Å². The van der Waals surface area contributed by atoms with Crippen LogP contribution < -0.4 is 0 Å². The van der Waals surface area contributed by atoms with Crippen molar-refractivity contribution in [3.63, 3.8) is 0 Å². The number of carbonyl (C=O) groups excluding carboxylic acids is 1. The van der Waals surface area contributed by atoms with Gasteiger partial charge in [-0.15, -0.1) is 0 Å². The highest BCUT2D eigenvalue weighted by Gasteiger charge is 2.22. The third-order valence-electron chi connectivity index (χ3n) is 1.07. The van der Waals surface area contributed by atoms with Gasteiger partial charge in [0.1, 0.15) is 18.3 Å². The van der Waals surface area contributed by atoms with Gasteiger partial charge in [0, 0.05) is 0 Å². The second-order valence-corrected chi connectivity index (χ2v) is 1.87. The molecule has 0 aromatic heterocycles. The van der Waals surface area contributed by atoms with Gasteiger partial charge in [-0.3, -0.25) is 0 Å². The average Bonchev–Trinajstić information content (AvgIpc) is 2.00. The minimum absolute atomic E-state index is 0.0869. The van der Waals surface area contributed by atoms with Crippen LogP contribution in [0.4, 0.5) is 0 Å². The van der Waals surface area contributed by atoms with Gasteiger partial charge in [-0.05, 0) is 0 Å². The molecule has 0 heterocycles. The molecule has 0 aromatic carbocycles. The lowest BCUT2D eigenvalue weighted by Crippen LogP contribution is -2.40. The molecule has 2 unspecified atom stereocenters. The van der Waals surface area contributed by atoms with Crippen LogP contribution in [0.3, 0.4) is 0 Å². The van der Waals surface area contributed by atoms with Crippen LogP contribution in [0.15, 0.2) is 0 Å². The first-order valence-electron chi connectivity index (χ1n) is 2.73. The average molecular weight is 150 g/mol. The van der Waals surface area contributed by atoms with E-state index in [1.165, 1.54) is 0 Å². The summed E-state index contributed by atoms with van der Waals surface area (Å²) in [6.07, 6.45) is -4.63. The molecule has 0 radical (unpaired) electrons. The number of aldehydes is 1. The van der Waals surface area contributed by atoms with Crippen molar-refractivity contribution in [2.45, 2.75) is 18.3 Å². The molecule has 0 fully saturated rings. The molecule has 0 aliphatic heterocycles. The first-order valence-corrected chi connectivity index (χ1v) is 2.73. The summed E-state index contributed by atoms with van der Waals surface area (Å²) in [5, 5.41) is 34.1. The first-order chi connectivity index (χ1) is 4.63. The summed E-state index contributed by atoms with van der Waals surface area (Å²) in [5.41, 5.74) is 0. The van der Waals surface area contributed by atoms with E-state index in [4.69, 9.17) is 20.4 Å². The number of hydrogen-bond donors (Lipinski definition) is 4. The van der Waals surface area contributed by atoms with Gasteiger partial charge in [0.15, 0.2) is 6.29 Å². The molecule has 5 nitrogen and oxygen atoms in total. The molecule has 0 saturated carbocycles. The van der Waals surface area contributed by atoms with E-state index < -0.39 is 24.9 Å². The van der Waals surface area contributed by atoms with Gasteiger partial charge in [-0.2, -0.15) is 0 Å². The molecule has 0 spiro atoms. The topological polar surface area (TPSA) is 98.0 Å². The highest BCUT2D eigenvalue weighted by atomic mass is 16.4. The second kappa shape index (κ2) is 4.35. The summed E-state index contributed by atoms with van der Waals surface area (Å²) >= 11 is 0. The van der Waals surface area contributed by atoms with Crippen LogP contribution in [0.25, 0.3) is 0 Å². The Hall–Kier alpha value is -0.490. The molecule has 0 aromatic rings. The maximum absolute atomic E-state index is 9.76. The molecule has 60 valence electrons. The summed E-state index contributed by atoms with van der Waals surface area (Å²) in [6.45, 7) is -0.688. The zero-order chi connectivity index (χ0) is 8.15. The van der Waals surface area contributed by atoms with Crippen molar-refractivity contribution in [3.8, 4) is 0 Å². The van der Waals surface area contributed by atoms with Crippen molar-refractivity contribution in [2.24, 2.45) is 0 Å². The predicted octanol–water partition coefficient (Wildman–Crippen LogP) is -2.74. The van der Waals surface area contributed by atoms with Crippen molar-refractivity contribution >= 4 is 6.29 Å². The zero-order valence-corrected chi connectivity index (χ0v) is 5.21. The third-order valence-corrected chi connectivity index (χ3v) is 1.07. The van der Waals surface area contributed by atoms with Gasteiger partial charge in [0.25, 0.3) is 0 Å². The number of aliphatic hydroxyl groups excluding tert-OH is 4. The van der Waals surface area contributed by atoms with Crippen molar-refractivity contribution in [1.82, 2.24) is 0 Å². The molecule has 3 atom stereocenters. The van der Waals surface area contributed by atoms with Crippen LogP contribution in [0.5, 0.6) is 0 Å². The zero-order valence-electron chi connectivity index (χ0n) is 5.21. The summed E-state index contributed by atoms with van der Waals surface area (Å²) in [7, 11) is 0. The molecule has 0 saturated heterocycles. The van der Waals surface area contributed by atoms with Crippen molar-refractivity contribution in [2.75, 3.05) is 6.61 Å². The van der Waals surface area contributed by atoms with Crippen LogP contribution >= 0.6 is 0 Å². The molecule has 10 heavy (non-hydrogen) atoms. The Morgan fingerprint density at radius 3 is 2.10 bits per heavy atom. The van der Waals surface area contributed by atoms with Gasteiger partial charge in [-0.1, -0.05) is 0 Å². The van der Waals surface area contributed by atoms with Gasteiger partial charge in [-0.25, -0.2) is 0 Å². The minimum Gasteiger partial charge on any atom is -0.394 e. The van der Waals surface area contributed by atoms with Crippen LogP contribution in [0, 0.1) is 0 Å². The Kier molecular flexibility index (Phi) is 4.13. The first kappa shape index (κ1) is 9.51. The molecule has 0 rings (SSSR count). The van der Waals surface area contributed by atoms with E-state index in [0.29, 0.717) is 0 Å². The Morgan fingerprint density at radius 1 is 1.30 bits per heavy atom. The SMILES string of the molecule is O=CC(O)C(O)[C@H](O)CO. The number of rotatable bonds is 4. The second-order valence-electron chi connectivity index (χ2n) is 1.87. The Labute approximate surface area is 57.5 Å². The maximum Gasteiger partial charge on any atom is 0.151 e. The van der Waals surface area contributed by atoms with E-state index in [2.05, 4.69) is 0 Å². The van der Waals surface area contributed by atoms with Gasteiger partial charge < -0.3 is 25.2 Å². The summed E-state index contributed by atoms with van der Waals surface area (Å²) < 4.78 is 0. The lowest BCUT2D eigenvalue weighted by atomic mass is 10.1. The molecule has 0 aliphatic carbocycles. The molecule has 5 heteroatoms. The maximum atomic E-state index is 9.76. The Morgan fingerprint density at radius 2 is 1.80 bits per heavy atom. The monoisotopic (exact) mass is 150 g/mol. The lowest BCUT2D eigenvalue weighted by Gasteiger charge is -2.16. The fraction of sp³-hybridized carbons (Fsp3) is 0.800. The number of hydrogen-bond acceptors (Lipinski definition) is 5. The van der Waals surface area contributed by atoms with Crippen molar-refractivity contribution in [1.29, 1.82) is 0 Å². The molecular weight excluding hydrogens is 140 g/mol. The van der Waals surface area contributed by atoms with Crippen molar-refractivity contribution in [3.05, 3.63) is 0 Å². The van der Waals surface area contributed by atoms with E-state index >= 15 is 0 Å². The minimum atomic E-state index is -1.64. The summed E-state index contributed by atoms with van der Waals surface area (Å²) in [5.74, 6) is 0. The Balaban J connectivity index is 3.80. The highest BCUT2D eigenvalue weighted by molar-refractivity contribution is 5.56. The van der Waals surface area contributed by atoms with Gasteiger partial charge >= 0.3 is 0 Å². The highest BCUT2D eigenvalue weighted by Crippen LogP contribution is 1.96. The van der Waals surface area contributed by atoms with Gasteiger partial charge in [0.2, 0.25) is 0 Å². The van der Waals surface area contributed by atoms with Crippen molar-refractivity contribution < 1.29 is 25.2 Å². The smallest absolute Gasteiger partial charge is 0.151 e. The fourth-order valence-corrected chi connectivity index (χ4v) is 0.416. The normalized spacial score (nSPS) is 19.6. The van der Waals surface area contributed by atoms with E-state index in [1.807, 2.05) is 0 Å². The summed E-state index contributed by atoms with van der Waals surface area (Å²) in [4.78, 5) is 9.76. The lowest BCUT2D eigenvalue weighted by molar-refractivity contribution is -0.127. The fourth-order valence-electron chi connectivity index (χ4n) is 0.416. The quantitative estimate of drug-likeness (QED) is 0.326. The predicted molar refractivity (Wildman–Crippen MR) is 31.2 cm³/mol. The van der Waals surface area contributed by atoms with E-state index in [9.17, 15) is 4.79 Å². The van der Waals surface area contributed by atoms with E-state index in [-0.39, 0.29) is 6.29 Å². The van der Waals surface area contributed by atoms with Crippen LogP contribution in [-0.2, 0) is 4.79 Å². The van der Waals surface area contributed by atoms with Crippen LogP contribution in [0.2, 0.25) is 0 Å².